The maximum atomic E-state index is 13.0. The van der Waals surface area contributed by atoms with Crippen molar-refractivity contribution in [3.8, 4) is 0 Å². The van der Waals surface area contributed by atoms with Gasteiger partial charge in [0.2, 0.25) is 11.8 Å². The highest BCUT2D eigenvalue weighted by Gasteiger charge is 2.53. The van der Waals surface area contributed by atoms with Crippen molar-refractivity contribution in [2.24, 2.45) is 11.8 Å². The Balaban J connectivity index is 1.29. The Morgan fingerprint density at radius 2 is 1.43 bits per heavy atom. The van der Waals surface area contributed by atoms with E-state index in [9.17, 15) is 9.59 Å². The van der Waals surface area contributed by atoms with E-state index in [4.69, 9.17) is 9.47 Å². The van der Waals surface area contributed by atoms with Crippen LogP contribution in [0.25, 0.3) is 0 Å². The Bertz CT molecular complexity index is 626. The van der Waals surface area contributed by atoms with E-state index < -0.39 is 0 Å². The quantitative estimate of drug-likeness (QED) is 0.676. The van der Waals surface area contributed by atoms with Gasteiger partial charge in [0.1, 0.15) is 0 Å². The minimum Gasteiger partial charge on any atom is -0.381 e. The van der Waals surface area contributed by atoms with Crippen LogP contribution in [0.1, 0.15) is 51.4 Å². The van der Waals surface area contributed by atoms with Gasteiger partial charge in [0.05, 0.1) is 19.1 Å². The Labute approximate surface area is 180 Å². The van der Waals surface area contributed by atoms with Gasteiger partial charge in [-0.25, -0.2) is 0 Å². The first-order valence-electron chi connectivity index (χ1n) is 12.2. The molecule has 5 rings (SSSR count). The van der Waals surface area contributed by atoms with Gasteiger partial charge < -0.3 is 19.3 Å². The van der Waals surface area contributed by atoms with Gasteiger partial charge in [0.15, 0.2) is 0 Å². The van der Waals surface area contributed by atoms with Crippen molar-refractivity contribution in [1.29, 1.82) is 0 Å². The molecule has 0 aromatic rings. The molecule has 0 aromatic heterocycles. The smallest absolute Gasteiger partial charge is 0.225 e. The Hall–Kier alpha value is -1.18. The normalized spacial score (nSPS) is 35.3. The third-order valence-electron chi connectivity index (χ3n) is 8.16. The van der Waals surface area contributed by atoms with Gasteiger partial charge in [0.25, 0.3) is 0 Å². The van der Waals surface area contributed by atoms with Crippen molar-refractivity contribution >= 4 is 11.8 Å². The number of nitrogens with zero attached hydrogens (tertiary/aromatic N) is 3. The fourth-order valence-electron chi connectivity index (χ4n) is 6.57. The van der Waals surface area contributed by atoms with Gasteiger partial charge in [-0.1, -0.05) is 0 Å². The molecule has 168 valence electrons. The highest BCUT2D eigenvalue weighted by Crippen LogP contribution is 2.44. The highest BCUT2D eigenvalue weighted by atomic mass is 16.5. The summed E-state index contributed by atoms with van der Waals surface area (Å²) in [5, 5.41) is 0. The molecule has 2 amide bonds. The number of hydrogen-bond donors (Lipinski definition) is 0. The van der Waals surface area contributed by atoms with Crippen molar-refractivity contribution in [3.05, 3.63) is 0 Å². The zero-order valence-corrected chi connectivity index (χ0v) is 18.2. The van der Waals surface area contributed by atoms with Crippen LogP contribution in [0.15, 0.2) is 0 Å². The van der Waals surface area contributed by atoms with Crippen molar-refractivity contribution in [2.75, 3.05) is 52.5 Å². The molecular formula is C23H37N3O4. The van der Waals surface area contributed by atoms with Crippen LogP contribution in [0.3, 0.4) is 0 Å². The molecular weight excluding hydrogens is 382 g/mol. The summed E-state index contributed by atoms with van der Waals surface area (Å²) in [5.41, 5.74) is 0. The van der Waals surface area contributed by atoms with Crippen molar-refractivity contribution in [3.63, 3.8) is 0 Å². The lowest BCUT2D eigenvalue weighted by atomic mass is 9.84. The summed E-state index contributed by atoms with van der Waals surface area (Å²) >= 11 is 0. The molecule has 0 N–H and O–H groups in total. The van der Waals surface area contributed by atoms with Gasteiger partial charge in [0, 0.05) is 70.4 Å². The van der Waals surface area contributed by atoms with Crippen LogP contribution in [0.5, 0.6) is 0 Å². The zero-order valence-electron chi connectivity index (χ0n) is 18.2. The fraction of sp³-hybridized carbons (Fsp3) is 0.913. The lowest BCUT2D eigenvalue weighted by Gasteiger charge is -2.34. The standard InChI is InChI=1S/C23H37N3O4/c27-21(24-7-1-2-8-24)13-17-15-26(18-5-11-29-12-6-18)19-16-30-20(23(17)19)14-22(28)25-9-3-4-10-25/h17-20,23H,1-16H2/t17-,19-,20+,23-/m1/s1. The van der Waals surface area contributed by atoms with Crippen LogP contribution in [0.2, 0.25) is 0 Å². The largest absolute Gasteiger partial charge is 0.381 e. The number of ether oxygens (including phenoxy) is 2. The van der Waals surface area contributed by atoms with E-state index in [1.807, 2.05) is 9.80 Å². The lowest BCUT2D eigenvalue weighted by molar-refractivity contribution is -0.133. The molecule has 0 aromatic carbocycles. The summed E-state index contributed by atoms with van der Waals surface area (Å²) < 4.78 is 11.9. The molecule has 0 spiro atoms. The summed E-state index contributed by atoms with van der Waals surface area (Å²) in [5.74, 6) is 1.14. The number of carbonyl (C=O) groups is 2. The van der Waals surface area contributed by atoms with E-state index in [0.29, 0.717) is 49.3 Å². The predicted molar refractivity (Wildman–Crippen MR) is 112 cm³/mol. The van der Waals surface area contributed by atoms with Gasteiger partial charge in [-0.2, -0.15) is 0 Å². The number of fused-ring (bicyclic) bond motifs is 1. The van der Waals surface area contributed by atoms with Crippen molar-refractivity contribution in [2.45, 2.75) is 69.6 Å². The fourth-order valence-corrected chi connectivity index (χ4v) is 6.57. The lowest BCUT2D eigenvalue weighted by Crippen LogP contribution is -2.44. The molecule has 0 aliphatic carbocycles. The molecule has 5 saturated heterocycles. The van der Waals surface area contributed by atoms with E-state index in [1.165, 1.54) is 0 Å². The molecule has 0 bridgehead atoms. The van der Waals surface area contributed by atoms with Crippen LogP contribution < -0.4 is 0 Å². The van der Waals surface area contributed by atoms with Gasteiger partial charge in [-0.3, -0.25) is 14.5 Å². The van der Waals surface area contributed by atoms with Crippen LogP contribution in [-0.4, -0.2) is 97.2 Å². The first kappa shape index (κ1) is 20.7. The molecule has 4 atom stereocenters. The third-order valence-corrected chi connectivity index (χ3v) is 8.16. The third kappa shape index (κ3) is 4.13. The predicted octanol–water partition coefficient (Wildman–Crippen LogP) is 1.51. The van der Waals surface area contributed by atoms with Crippen LogP contribution in [0.4, 0.5) is 0 Å². The minimum atomic E-state index is -0.0377. The van der Waals surface area contributed by atoms with E-state index >= 15 is 0 Å². The minimum absolute atomic E-state index is 0.0377. The maximum absolute atomic E-state index is 13.0. The molecule has 0 radical (unpaired) electrons. The number of likely N-dealkylation sites (tertiary alicyclic amines) is 3. The summed E-state index contributed by atoms with van der Waals surface area (Å²) in [6.07, 6.45) is 7.68. The Morgan fingerprint density at radius 1 is 0.833 bits per heavy atom. The average molecular weight is 420 g/mol. The number of hydrogen-bond acceptors (Lipinski definition) is 5. The second kappa shape index (κ2) is 9.13. The van der Waals surface area contributed by atoms with E-state index in [2.05, 4.69) is 4.90 Å². The van der Waals surface area contributed by atoms with Gasteiger partial charge in [-0.05, 0) is 44.4 Å². The monoisotopic (exact) mass is 419 g/mol. The van der Waals surface area contributed by atoms with Crippen molar-refractivity contribution in [1.82, 2.24) is 14.7 Å². The topological polar surface area (TPSA) is 62.3 Å². The molecule has 7 nitrogen and oxygen atoms in total. The van der Waals surface area contributed by atoms with Crippen LogP contribution >= 0.6 is 0 Å². The van der Waals surface area contributed by atoms with Crippen molar-refractivity contribution < 1.29 is 19.1 Å². The second-order valence-electron chi connectivity index (χ2n) is 9.90. The molecule has 5 aliphatic rings. The number of rotatable bonds is 5. The molecule has 0 saturated carbocycles. The Morgan fingerprint density at radius 3 is 2.07 bits per heavy atom. The summed E-state index contributed by atoms with van der Waals surface area (Å²) in [6, 6.07) is 0.871. The average Bonchev–Trinajstić information content (AvgIpc) is 3.55. The van der Waals surface area contributed by atoms with E-state index in [-0.39, 0.29) is 12.0 Å². The van der Waals surface area contributed by atoms with E-state index in [0.717, 1.165) is 84.5 Å². The molecule has 5 fully saturated rings. The summed E-state index contributed by atoms with van der Waals surface area (Å²) in [7, 11) is 0. The molecule has 7 heteroatoms. The molecule has 5 aliphatic heterocycles. The van der Waals surface area contributed by atoms with Crippen LogP contribution in [-0.2, 0) is 19.1 Å². The first-order chi connectivity index (χ1) is 14.7. The number of amides is 2. The van der Waals surface area contributed by atoms with Gasteiger partial charge >= 0.3 is 0 Å². The number of carbonyl (C=O) groups excluding carboxylic acids is 2. The molecule has 5 heterocycles. The molecule has 0 unspecified atom stereocenters. The Kier molecular flexibility index (Phi) is 6.30. The SMILES string of the molecule is O=C(C[C@@H]1CN(C2CCOCC2)[C@@H]2CO[C@@H](CC(=O)N3CCCC3)[C@H]12)N1CCCC1. The molecule has 30 heavy (non-hydrogen) atoms. The maximum Gasteiger partial charge on any atom is 0.225 e. The van der Waals surface area contributed by atoms with Gasteiger partial charge in [-0.15, -0.1) is 0 Å². The second-order valence-corrected chi connectivity index (χ2v) is 9.90. The summed E-state index contributed by atoms with van der Waals surface area (Å²) in [6.45, 7) is 6.94. The van der Waals surface area contributed by atoms with Crippen LogP contribution in [0, 0.1) is 11.8 Å². The first-order valence-corrected chi connectivity index (χ1v) is 12.2. The zero-order chi connectivity index (χ0) is 20.5. The highest BCUT2D eigenvalue weighted by molar-refractivity contribution is 5.78. The van der Waals surface area contributed by atoms with E-state index in [1.54, 1.807) is 0 Å². The summed E-state index contributed by atoms with van der Waals surface area (Å²) in [4.78, 5) is 32.5.